The molecule has 0 fully saturated rings. The van der Waals surface area contributed by atoms with E-state index >= 15 is 0 Å². The first-order valence-corrected chi connectivity index (χ1v) is 26.8. The number of hydrogen-bond acceptors (Lipinski definition) is 6. The average Bonchev–Trinajstić information content (AvgIpc) is 3.26. The van der Waals surface area contributed by atoms with Crippen LogP contribution in [0.3, 0.4) is 0 Å². The van der Waals surface area contributed by atoms with Crippen molar-refractivity contribution in [2.24, 2.45) is 0 Å². The maximum Gasteiger partial charge on any atom is 0.306 e. The summed E-state index contributed by atoms with van der Waals surface area (Å²) >= 11 is 0. The first kappa shape index (κ1) is 58.9. The van der Waals surface area contributed by atoms with Crippen molar-refractivity contribution in [1.82, 2.24) is 0 Å². The van der Waals surface area contributed by atoms with Gasteiger partial charge in [-0.3, -0.25) is 14.4 Å². The maximum atomic E-state index is 12.8. The summed E-state index contributed by atoms with van der Waals surface area (Å²) in [4.78, 5) is 37.9. The van der Waals surface area contributed by atoms with Gasteiger partial charge in [-0.05, 0) is 44.9 Å². The molecule has 0 heterocycles. The highest BCUT2D eigenvalue weighted by molar-refractivity contribution is 5.71. The van der Waals surface area contributed by atoms with Gasteiger partial charge in [0.05, 0.1) is 0 Å². The van der Waals surface area contributed by atoms with Gasteiger partial charge in [0.15, 0.2) is 6.10 Å². The Morgan fingerprint density at radius 3 is 0.918 bits per heavy atom. The second-order valence-corrected chi connectivity index (χ2v) is 18.1. The number of unbranched alkanes of at least 4 members (excludes halogenated alkanes) is 34. The third-order valence-electron chi connectivity index (χ3n) is 12.0. The van der Waals surface area contributed by atoms with Crippen molar-refractivity contribution in [3.63, 3.8) is 0 Å². The summed E-state index contributed by atoms with van der Waals surface area (Å²) < 4.78 is 16.7. The van der Waals surface area contributed by atoms with Crippen molar-refractivity contribution in [1.29, 1.82) is 0 Å². The molecule has 0 rings (SSSR count). The lowest BCUT2D eigenvalue weighted by Gasteiger charge is -2.18. The molecule has 0 N–H and O–H groups in total. The quantitative estimate of drug-likeness (QED) is 0.0262. The number of esters is 3. The minimum Gasteiger partial charge on any atom is -0.462 e. The van der Waals surface area contributed by atoms with Gasteiger partial charge in [-0.15, -0.1) is 0 Å². The highest BCUT2D eigenvalue weighted by Crippen LogP contribution is 2.16. The van der Waals surface area contributed by atoms with Crippen molar-refractivity contribution in [3.8, 4) is 0 Å². The zero-order chi connectivity index (χ0) is 44.4. The second-order valence-electron chi connectivity index (χ2n) is 18.1. The predicted molar refractivity (Wildman–Crippen MR) is 261 cm³/mol. The van der Waals surface area contributed by atoms with E-state index in [1.54, 1.807) is 0 Å². The smallest absolute Gasteiger partial charge is 0.306 e. The van der Waals surface area contributed by atoms with Gasteiger partial charge in [-0.25, -0.2) is 0 Å². The molecule has 1 atom stereocenters. The van der Waals surface area contributed by atoms with Crippen LogP contribution < -0.4 is 0 Å². The van der Waals surface area contributed by atoms with Gasteiger partial charge in [0.2, 0.25) is 0 Å². The topological polar surface area (TPSA) is 78.9 Å². The van der Waals surface area contributed by atoms with E-state index in [1.165, 1.54) is 205 Å². The van der Waals surface area contributed by atoms with Crippen LogP contribution in [0.1, 0.15) is 290 Å². The molecule has 358 valence electrons. The van der Waals surface area contributed by atoms with Crippen LogP contribution in [0.2, 0.25) is 0 Å². The molecule has 0 spiro atoms. The van der Waals surface area contributed by atoms with Crippen LogP contribution in [0.4, 0.5) is 0 Å². The number of ether oxygens (including phenoxy) is 3. The molecule has 0 aliphatic carbocycles. The third kappa shape index (κ3) is 48.8. The van der Waals surface area contributed by atoms with E-state index in [0.717, 1.165) is 32.1 Å². The number of carbonyl (C=O) groups is 3. The van der Waals surface area contributed by atoms with E-state index in [1.807, 2.05) is 0 Å². The van der Waals surface area contributed by atoms with Gasteiger partial charge in [-0.1, -0.05) is 251 Å². The number of carbonyl (C=O) groups excluding carboxylic acids is 3. The highest BCUT2D eigenvalue weighted by Gasteiger charge is 2.19. The largest absolute Gasteiger partial charge is 0.462 e. The molecule has 0 aliphatic rings. The van der Waals surface area contributed by atoms with Crippen molar-refractivity contribution >= 4 is 17.9 Å². The Labute approximate surface area is 379 Å². The van der Waals surface area contributed by atoms with Crippen LogP contribution in [0, 0.1) is 0 Å². The Hall–Kier alpha value is -2.11. The number of rotatable bonds is 49. The average molecular weight is 859 g/mol. The van der Waals surface area contributed by atoms with Gasteiger partial charge >= 0.3 is 17.9 Å². The van der Waals surface area contributed by atoms with Crippen LogP contribution in [0.5, 0.6) is 0 Å². The Balaban J connectivity index is 4.41. The van der Waals surface area contributed by atoms with Gasteiger partial charge in [0.25, 0.3) is 0 Å². The zero-order valence-corrected chi connectivity index (χ0v) is 40.9. The summed E-state index contributed by atoms with van der Waals surface area (Å²) in [6, 6.07) is 0. The zero-order valence-electron chi connectivity index (χ0n) is 40.9. The van der Waals surface area contributed by atoms with Crippen LogP contribution in [0.15, 0.2) is 24.3 Å². The lowest BCUT2D eigenvalue weighted by molar-refractivity contribution is -0.166. The third-order valence-corrected chi connectivity index (χ3v) is 12.0. The van der Waals surface area contributed by atoms with E-state index in [-0.39, 0.29) is 44.0 Å². The SMILES string of the molecule is CCCCCCCCCCCCCC=CCCC(=O)OCC(COC(=O)CCCCCCCCCCCCCCC)OC(=O)CCC=CCCCCCCCCCCCCC. The summed E-state index contributed by atoms with van der Waals surface area (Å²) in [6.07, 6.45) is 57.6. The standard InChI is InChI=1S/C55H102O6/c1-4-7-10-13-16-19-22-25-27-30-33-36-39-42-45-48-54(57)60-51-52(50-59-53(56)47-44-41-38-35-32-29-24-21-18-15-12-9-6-3)61-55(58)49-46-43-40-37-34-31-28-26-23-20-17-14-11-8-5-2/h39-40,42-43,52H,4-38,41,44-51H2,1-3H3. The summed E-state index contributed by atoms with van der Waals surface area (Å²) in [5, 5.41) is 0. The van der Waals surface area contributed by atoms with E-state index in [0.29, 0.717) is 19.3 Å². The molecule has 0 saturated carbocycles. The molecule has 6 heteroatoms. The van der Waals surface area contributed by atoms with E-state index < -0.39 is 6.10 Å². The van der Waals surface area contributed by atoms with Crippen LogP contribution in [0.25, 0.3) is 0 Å². The second kappa shape index (κ2) is 50.5. The fourth-order valence-corrected chi connectivity index (χ4v) is 7.89. The fraction of sp³-hybridized carbons (Fsp3) is 0.873. The summed E-state index contributed by atoms with van der Waals surface area (Å²) in [6.45, 7) is 6.61. The normalized spacial score (nSPS) is 12.1. The van der Waals surface area contributed by atoms with Crippen LogP contribution in [-0.2, 0) is 28.6 Å². The number of hydrogen-bond donors (Lipinski definition) is 0. The maximum absolute atomic E-state index is 12.8. The summed E-state index contributed by atoms with van der Waals surface area (Å²) in [5.41, 5.74) is 0. The van der Waals surface area contributed by atoms with Crippen molar-refractivity contribution in [2.75, 3.05) is 13.2 Å². The molecule has 0 radical (unpaired) electrons. The minimum absolute atomic E-state index is 0.0934. The van der Waals surface area contributed by atoms with Crippen molar-refractivity contribution in [2.45, 2.75) is 297 Å². The Morgan fingerprint density at radius 2 is 0.574 bits per heavy atom. The first-order chi connectivity index (χ1) is 30.0. The van der Waals surface area contributed by atoms with Gasteiger partial charge in [-0.2, -0.15) is 0 Å². The van der Waals surface area contributed by atoms with E-state index in [2.05, 4.69) is 45.1 Å². The van der Waals surface area contributed by atoms with Crippen LogP contribution in [-0.4, -0.2) is 37.2 Å². The predicted octanol–water partition coefficient (Wildman–Crippen LogP) is 17.5. The van der Waals surface area contributed by atoms with Crippen molar-refractivity contribution in [3.05, 3.63) is 24.3 Å². The lowest BCUT2D eigenvalue weighted by atomic mass is 10.0. The minimum atomic E-state index is -0.802. The monoisotopic (exact) mass is 859 g/mol. The molecule has 1 unspecified atom stereocenters. The molecular weight excluding hydrogens is 757 g/mol. The molecule has 61 heavy (non-hydrogen) atoms. The Bertz CT molecular complexity index is 989. The van der Waals surface area contributed by atoms with Crippen molar-refractivity contribution < 1.29 is 28.6 Å². The molecule has 0 aromatic heterocycles. The van der Waals surface area contributed by atoms with E-state index in [9.17, 15) is 14.4 Å². The molecule has 0 aromatic carbocycles. The van der Waals surface area contributed by atoms with Crippen LogP contribution >= 0.6 is 0 Å². The molecule has 0 aromatic rings. The Kier molecular flexibility index (Phi) is 48.8. The molecule has 0 saturated heterocycles. The molecule has 0 amide bonds. The van der Waals surface area contributed by atoms with Gasteiger partial charge < -0.3 is 14.2 Å². The van der Waals surface area contributed by atoms with Gasteiger partial charge in [0, 0.05) is 19.3 Å². The number of allylic oxidation sites excluding steroid dienone is 4. The Morgan fingerprint density at radius 1 is 0.311 bits per heavy atom. The lowest BCUT2D eigenvalue weighted by Crippen LogP contribution is -2.30. The molecule has 0 aliphatic heterocycles. The first-order valence-electron chi connectivity index (χ1n) is 26.8. The molecule has 0 bridgehead atoms. The summed E-state index contributed by atoms with van der Waals surface area (Å²) in [7, 11) is 0. The van der Waals surface area contributed by atoms with Gasteiger partial charge in [0.1, 0.15) is 13.2 Å². The highest BCUT2D eigenvalue weighted by atomic mass is 16.6. The molecular formula is C55H102O6. The molecule has 6 nitrogen and oxygen atoms in total. The van der Waals surface area contributed by atoms with E-state index in [4.69, 9.17) is 14.2 Å². The summed E-state index contributed by atoms with van der Waals surface area (Å²) in [5.74, 6) is -0.981. The fourth-order valence-electron chi connectivity index (χ4n) is 7.89.